The molecule has 9 heteroatoms. The molecule has 0 atom stereocenters. The Hall–Kier alpha value is -1.61. The molecule has 0 heterocycles. The molecule has 2 N–H and O–H groups in total. The molecule has 7 nitrogen and oxygen atoms in total. The molecule has 0 saturated carbocycles. The van der Waals surface area contributed by atoms with Crippen LogP contribution in [0.15, 0.2) is 28.0 Å². The largest absolute Gasteiger partial charge is 0.480 e. The number of carboxylic acids is 1. The molecule has 0 aliphatic rings. The molecule has 19 heavy (non-hydrogen) atoms. The summed E-state index contributed by atoms with van der Waals surface area (Å²) in [7, 11) is -7.23. The van der Waals surface area contributed by atoms with Crippen molar-refractivity contribution >= 4 is 31.3 Å². The van der Waals surface area contributed by atoms with Gasteiger partial charge in [-0.25, -0.2) is 16.8 Å². The molecule has 0 spiro atoms. The Balaban J connectivity index is 3.38. The first-order valence-corrected chi connectivity index (χ1v) is 8.80. The Morgan fingerprint density at radius 1 is 1.16 bits per heavy atom. The van der Waals surface area contributed by atoms with Gasteiger partial charge in [-0.05, 0) is 18.2 Å². The van der Waals surface area contributed by atoms with Gasteiger partial charge in [0, 0.05) is 12.5 Å². The van der Waals surface area contributed by atoms with E-state index in [0.29, 0.717) is 0 Å². The summed E-state index contributed by atoms with van der Waals surface area (Å²) in [4.78, 5) is 10.1. The van der Waals surface area contributed by atoms with Crippen molar-refractivity contribution in [3.05, 3.63) is 18.2 Å². The summed E-state index contributed by atoms with van der Waals surface area (Å²) in [6, 6.07) is 3.46. The molecule has 0 fully saturated rings. The smallest absolute Gasteiger partial charge is 0.322 e. The predicted molar refractivity (Wildman–Crippen MR) is 68.8 cm³/mol. The SMILES string of the molecule is CS(=O)(=O)c1ccc(NCC(=O)O)c(S(C)(=O)=O)c1. The van der Waals surface area contributed by atoms with Crippen molar-refractivity contribution in [2.24, 2.45) is 0 Å². The molecule has 0 aliphatic carbocycles. The maximum atomic E-state index is 11.6. The average Bonchev–Trinajstić information content (AvgIpc) is 2.23. The van der Waals surface area contributed by atoms with Gasteiger partial charge in [0.1, 0.15) is 6.54 Å². The standard InChI is InChI=1S/C10H13NO6S2/c1-18(14,15)7-3-4-8(11-6-10(12)13)9(5-7)19(2,16)17/h3-5,11H,6H2,1-2H3,(H,12,13). The van der Waals surface area contributed by atoms with Gasteiger partial charge in [0.05, 0.1) is 15.5 Å². The molecule has 0 bridgehead atoms. The van der Waals surface area contributed by atoms with Crippen LogP contribution in [-0.4, -0.2) is 47.0 Å². The highest BCUT2D eigenvalue weighted by Crippen LogP contribution is 2.24. The van der Waals surface area contributed by atoms with Crippen LogP contribution in [0.3, 0.4) is 0 Å². The van der Waals surface area contributed by atoms with Gasteiger partial charge in [-0.3, -0.25) is 4.79 Å². The third-order valence-electron chi connectivity index (χ3n) is 2.21. The van der Waals surface area contributed by atoms with Crippen LogP contribution in [0.1, 0.15) is 0 Å². The van der Waals surface area contributed by atoms with Crippen molar-refractivity contribution in [1.29, 1.82) is 0 Å². The van der Waals surface area contributed by atoms with E-state index < -0.39 is 32.2 Å². The Kier molecular flexibility index (Phi) is 4.21. The van der Waals surface area contributed by atoms with Crippen LogP contribution in [0.2, 0.25) is 0 Å². The molecule has 1 aromatic carbocycles. The summed E-state index contributed by atoms with van der Waals surface area (Å²) in [5, 5.41) is 11.0. The van der Waals surface area contributed by atoms with Gasteiger partial charge in [0.25, 0.3) is 0 Å². The molecule has 1 rings (SSSR count). The van der Waals surface area contributed by atoms with Gasteiger partial charge in [0.15, 0.2) is 19.7 Å². The second-order valence-electron chi connectivity index (χ2n) is 3.95. The third kappa shape index (κ3) is 4.21. The lowest BCUT2D eigenvalue weighted by atomic mass is 10.3. The van der Waals surface area contributed by atoms with Gasteiger partial charge < -0.3 is 10.4 Å². The number of aliphatic carboxylic acids is 1. The number of carbonyl (C=O) groups is 1. The second kappa shape index (κ2) is 5.17. The van der Waals surface area contributed by atoms with E-state index in [2.05, 4.69) is 5.32 Å². The fourth-order valence-electron chi connectivity index (χ4n) is 1.36. The predicted octanol–water partition coefficient (Wildman–Crippen LogP) is -0.00990. The molecule has 0 aliphatic heterocycles. The zero-order valence-corrected chi connectivity index (χ0v) is 11.9. The van der Waals surface area contributed by atoms with E-state index in [1.807, 2.05) is 0 Å². The number of hydrogen-bond donors (Lipinski definition) is 2. The number of nitrogens with one attached hydrogen (secondary N) is 1. The summed E-state index contributed by atoms with van der Waals surface area (Å²) < 4.78 is 46.0. The van der Waals surface area contributed by atoms with E-state index in [1.165, 1.54) is 12.1 Å². The lowest BCUT2D eigenvalue weighted by Crippen LogP contribution is -2.15. The van der Waals surface area contributed by atoms with Crippen molar-refractivity contribution in [2.45, 2.75) is 9.79 Å². The summed E-state index contributed by atoms with van der Waals surface area (Å²) in [5.41, 5.74) is 0.0531. The fourth-order valence-corrected chi connectivity index (χ4v) is 2.96. The van der Waals surface area contributed by atoms with Gasteiger partial charge in [0.2, 0.25) is 0 Å². The van der Waals surface area contributed by atoms with Crippen LogP contribution in [0.5, 0.6) is 0 Å². The van der Waals surface area contributed by atoms with Crippen molar-refractivity contribution in [2.75, 3.05) is 24.4 Å². The van der Waals surface area contributed by atoms with Crippen LogP contribution in [-0.2, 0) is 24.5 Å². The number of carboxylic acid groups (broad SMARTS) is 1. The van der Waals surface area contributed by atoms with Crippen molar-refractivity contribution in [1.82, 2.24) is 0 Å². The minimum absolute atomic E-state index is 0.0531. The molecule has 0 radical (unpaired) electrons. The Morgan fingerprint density at radius 3 is 2.16 bits per heavy atom. The van der Waals surface area contributed by atoms with Crippen LogP contribution in [0.4, 0.5) is 5.69 Å². The van der Waals surface area contributed by atoms with E-state index in [-0.39, 0.29) is 15.5 Å². The van der Waals surface area contributed by atoms with Crippen molar-refractivity contribution in [3.8, 4) is 0 Å². The Morgan fingerprint density at radius 2 is 1.74 bits per heavy atom. The molecule has 1 aromatic rings. The highest BCUT2D eigenvalue weighted by Gasteiger charge is 2.18. The Bertz CT molecular complexity index is 706. The van der Waals surface area contributed by atoms with Crippen molar-refractivity contribution < 1.29 is 26.7 Å². The topological polar surface area (TPSA) is 118 Å². The van der Waals surface area contributed by atoms with Crippen molar-refractivity contribution in [3.63, 3.8) is 0 Å². The highest BCUT2D eigenvalue weighted by molar-refractivity contribution is 7.91. The normalized spacial score (nSPS) is 12.1. The molecule has 106 valence electrons. The number of hydrogen-bond acceptors (Lipinski definition) is 6. The highest BCUT2D eigenvalue weighted by atomic mass is 32.2. The maximum Gasteiger partial charge on any atom is 0.322 e. The molecular weight excluding hydrogens is 294 g/mol. The van der Waals surface area contributed by atoms with E-state index in [4.69, 9.17) is 5.11 Å². The summed E-state index contributed by atoms with van der Waals surface area (Å²) in [5.74, 6) is -1.16. The maximum absolute atomic E-state index is 11.6. The third-order valence-corrected chi connectivity index (χ3v) is 4.46. The van der Waals surface area contributed by atoms with Crippen LogP contribution < -0.4 is 5.32 Å². The van der Waals surface area contributed by atoms with E-state index in [0.717, 1.165) is 18.6 Å². The van der Waals surface area contributed by atoms with Crippen LogP contribution >= 0.6 is 0 Å². The van der Waals surface area contributed by atoms with E-state index in [1.54, 1.807) is 0 Å². The number of sulfone groups is 2. The zero-order valence-electron chi connectivity index (χ0n) is 10.2. The Labute approximate surface area is 111 Å². The quantitative estimate of drug-likeness (QED) is 0.785. The average molecular weight is 307 g/mol. The minimum Gasteiger partial charge on any atom is -0.480 e. The van der Waals surface area contributed by atoms with Crippen LogP contribution in [0.25, 0.3) is 0 Å². The van der Waals surface area contributed by atoms with E-state index in [9.17, 15) is 21.6 Å². The van der Waals surface area contributed by atoms with E-state index >= 15 is 0 Å². The number of rotatable bonds is 5. The first-order chi connectivity index (χ1) is 8.51. The van der Waals surface area contributed by atoms with Crippen LogP contribution in [0, 0.1) is 0 Å². The number of anilines is 1. The first kappa shape index (κ1) is 15.4. The molecular formula is C10H13NO6S2. The molecule has 0 aromatic heterocycles. The fraction of sp³-hybridized carbons (Fsp3) is 0.300. The van der Waals surface area contributed by atoms with Gasteiger partial charge in [-0.2, -0.15) is 0 Å². The lowest BCUT2D eigenvalue weighted by Gasteiger charge is -2.10. The van der Waals surface area contributed by atoms with Gasteiger partial charge in [-0.15, -0.1) is 0 Å². The molecule has 0 unspecified atom stereocenters. The molecule has 0 saturated heterocycles. The number of benzene rings is 1. The zero-order chi connectivity index (χ0) is 14.8. The minimum atomic E-state index is -3.68. The molecule has 0 amide bonds. The summed E-state index contributed by atoms with van der Waals surface area (Å²) >= 11 is 0. The second-order valence-corrected chi connectivity index (χ2v) is 7.95. The first-order valence-electron chi connectivity index (χ1n) is 5.01. The van der Waals surface area contributed by atoms with Gasteiger partial charge >= 0.3 is 5.97 Å². The van der Waals surface area contributed by atoms with Gasteiger partial charge in [-0.1, -0.05) is 0 Å². The summed E-state index contributed by atoms with van der Waals surface area (Å²) in [6.45, 7) is -0.471. The lowest BCUT2D eigenvalue weighted by molar-refractivity contribution is -0.134. The monoisotopic (exact) mass is 307 g/mol. The summed E-state index contributed by atoms with van der Waals surface area (Å²) in [6.07, 6.45) is 1.87.